The third-order valence-electron chi connectivity index (χ3n) is 3.87. The van der Waals surface area contributed by atoms with Crippen LogP contribution in [0.2, 0.25) is 0 Å². The first-order valence-corrected chi connectivity index (χ1v) is 8.44. The molecule has 134 valence electrons. The Morgan fingerprint density at radius 1 is 1.15 bits per heavy atom. The van der Waals surface area contributed by atoms with E-state index in [4.69, 9.17) is 0 Å². The van der Waals surface area contributed by atoms with Gasteiger partial charge < -0.3 is 16.0 Å². The van der Waals surface area contributed by atoms with Crippen molar-refractivity contribution in [2.45, 2.75) is 13.0 Å². The van der Waals surface area contributed by atoms with Crippen molar-refractivity contribution < 1.29 is 18.4 Å². The van der Waals surface area contributed by atoms with Crippen LogP contribution >= 0.6 is 15.9 Å². The molecule has 1 aliphatic heterocycles. The fourth-order valence-electron chi connectivity index (χ4n) is 2.70. The van der Waals surface area contributed by atoms with Crippen molar-refractivity contribution in [3.05, 3.63) is 75.4 Å². The van der Waals surface area contributed by atoms with Gasteiger partial charge >= 0.3 is 6.03 Å². The van der Waals surface area contributed by atoms with Crippen LogP contribution in [0.4, 0.5) is 19.3 Å². The zero-order valence-electron chi connectivity index (χ0n) is 13.6. The number of urea groups is 1. The summed E-state index contributed by atoms with van der Waals surface area (Å²) in [4.78, 5) is 24.6. The largest absolute Gasteiger partial charge is 0.327 e. The standard InChI is InChI=1S/C18H14BrF2N3O2/c1-9-15(17(25)23-12-5-6-13(20)14(21)8-12)16(24-18(26)22-9)10-3-2-4-11(19)7-10/h2-8,16H,1H3,(H,23,25)(H2,22,24,26). The van der Waals surface area contributed by atoms with Crippen molar-refractivity contribution in [3.8, 4) is 0 Å². The zero-order valence-corrected chi connectivity index (χ0v) is 15.2. The number of halogens is 3. The van der Waals surface area contributed by atoms with Gasteiger partial charge in [-0.15, -0.1) is 0 Å². The molecule has 2 aromatic rings. The normalized spacial score (nSPS) is 16.8. The Kier molecular flexibility index (Phi) is 5.03. The van der Waals surface area contributed by atoms with Crippen LogP contribution in [-0.4, -0.2) is 11.9 Å². The molecule has 0 aromatic heterocycles. The van der Waals surface area contributed by atoms with Crippen molar-refractivity contribution in [1.82, 2.24) is 10.6 Å². The summed E-state index contributed by atoms with van der Waals surface area (Å²) in [5, 5.41) is 7.79. The highest BCUT2D eigenvalue weighted by molar-refractivity contribution is 9.10. The summed E-state index contributed by atoms with van der Waals surface area (Å²) >= 11 is 3.36. The molecule has 0 fully saturated rings. The summed E-state index contributed by atoms with van der Waals surface area (Å²) in [5.74, 6) is -2.60. The maximum atomic E-state index is 13.4. The summed E-state index contributed by atoms with van der Waals surface area (Å²) in [6.45, 7) is 1.60. The van der Waals surface area contributed by atoms with Gasteiger partial charge in [0.25, 0.3) is 5.91 Å². The van der Waals surface area contributed by atoms with Gasteiger partial charge in [-0.3, -0.25) is 4.79 Å². The molecular weight excluding hydrogens is 408 g/mol. The number of hydrogen-bond donors (Lipinski definition) is 3. The predicted molar refractivity (Wildman–Crippen MR) is 96.2 cm³/mol. The van der Waals surface area contributed by atoms with Gasteiger partial charge in [0.15, 0.2) is 11.6 Å². The second-order valence-corrected chi connectivity index (χ2v) is 6.62. The molecule has 2 aromatic carbocycles. The van der Waals surface area contributed by atoms with E-state index < -0.39 is 29.6 Å². The average molecular weight is 422 g/mol. The molecule has 3 amide bonds. The van der Waals surface area contributed by atoms with Crippen molar-refractivity contribution in [2.75, 3.05) is 5.32 Å². The van der Waals surface area contributed by atoms with Gasteiger partial charge in [0.05, 0.1) is 11.6 Å². The second-order valence-electron chi connectivity index (χ2n) is 5.71. The Labute approximate surface area is 156 Å². The van der Waals surface area contributed by atoms with Crippen LogP contribution < -0.4 is 16.0 Å². The number of anilines is 1. The van der Waals surface area contributed by atoms with E-state index in [1.807, 2.05) is 6.07 Å². The topological polar surface area (TPSA) is 70.2 Å². The molecule has 8 heteroatoms. The highest BCUT2D eigenvalue weighted by Gasteiger charge is 2.31. The molecule has 3 N–H and O–H groups in total. The summed E-state index contributed by atoms with van der Waals surface area (Å²) in [6, 6.07) is 9.13. The molecule has 0 spiro atoms. The van der Waals surface area contributed by atoms with E-state index in [0.29, 0.717) is 11.3 Å². The molecule has 3 rings (SSSR count). The SMILES string of the molecule is CC1=C(C(=O)Nc2ccc(F)c(F)c2)C(c2cccc(Br)c2)NC(=O)N1. The lowest BCUT2D eigenvalue weighted by molar-refractivity contribution is -0.113. The number of allylic oxidation sites excluding steroid dienone is 1. The molecule has 0 saturated carbocycles. The number of rotatable bonds is 3. The summed E-state index contributed by atoms with van der Waals surface area (Å²) in [5.41, 5.74) is 1.45. The van der Waals surface area contributed by atoms with E-state index in [0.717, 1.165) is 16.6 Å². The molecule has 1 unspecified atom stereocenters. The lowest BCUT2D eigenvalue weighted by atomic mass is 9.95. The highest BCUT2D eigenvalue weighted by Crippen LogP contribution is 2.29. The Hall–Kier alpha value is -2.74. The second kappa shape index (κ2) is 7.25. The van der Waals surface area contributed by atoms with Gasteiger partial charge in [0.1, 0.15) is 0 Å². The molecule has 1 atom stereocenters. The first-order chi connectivity index (χ1) is 12.3. The molecule has 0 aliphatic carbocycles. The lowest BCUT2D eigenvalue weighted by Gasteiger charge is -2.28. The first-order valence-electron chi connectivity index (χ1n) is 7.65. The predicted octanol–water partition coefficient (Wildman–Crippen LogP) is 3.99. The Morgan fingerprint density at radius 3 is 2.62 bits per heavy atom. The minimum atomic E-state index is -1.06. The average Bonchev–Trinajstić information content (AvgIpc) is 2.57. The Morgan fingerprint density at radius 2 is 1.92 bits per heavy atom. The number of hydrogen-bond acceptors (Lipinski definition) is 2. The highest BCUT2D eigenvalue weighted by atomic mass is 79.9. The number of benzene rings is 2. The molecular formula is C18H14BrF2N3O2. The van der Waals surface area contributed by atoms with Crippen molar-refractivity contribution in [3.63, 3.8) is 0 Å². The van der Waals surface area contributed by atoms with Gasteiger partial charge in [0.2, 0.25) is 0 Å². The van der Waals surface area contributed by atoms with E-state index in [1.54, 1.807) is 25.1 Å². The fraction of sp³-hybridized carbons (Fsp3) is 0.111. The van der Waals surface area contributed by atoms with Crippen LogP contribution in [0.1, 0.15) is 18.5 Å². The summed E-state index contributed by atoms with van der Waals surface area (Å²) in [7, 11) is 0. The molecule has 1 aliphatic rings. The summed E-state index contributed by atoms with van der Waals surface area (Å²) < 4.78 is 27.2. The number of amides is 3. The van der Waals surface area contributed by atoms with Gasteiger partial charge in [-0.1, -0.05) is 28.1 Å². The third kappa shape index (κ3) is 3.75. The monoisotopic (exact) mass is 421 g/mol. The van der Waals surface area contributed by atoms with E-state index >= 15 is 0 Å². The van der Waals surface area contributed by atoms with E-state index in [9.17, 15) is 18.4 Å². The van der Waals surface area contributed by atoms with Gasteiger partial charge in [-0.05, 0) is 36.8 Å². The van der Waals surface area contributed by atoms with E-state index in [2.05, 4.69) is 31.9 Å². The van der Waals surface area contributed by atoms with Crippen LogP contribution in [0.3, 0.4) is 0 Å². The van der Waals surface area contributed by atoms with Crippen molar-refractivity contribution in [2.24, 2.45) is 0 Å². The van der Waals surface area contributed by atoms with Gasteiger partial charge in [0, 0.05) is 21.9 Å². The minimum Gasteiger partial charge on any atom is -0.327 e. The maximum absolute atomic E-state index is 13.4. The lowest BCUT2D eigenvalue weighted by Crippen LogP contribution is -2.46. The minimum absolute atomic E-state index is 0.110. The van der Waals surface area contributed by atoms with Crippen LogP contribution in [0.15, 0.2) is 58.2 Å². The van der Waals surface area contributed by atoms with Crippen LogP contribution in [0.25, 0.3) is 0 Å². The Balaban J connectivity index is 1.95. The number of carbonyl (C=O) groups is 2. The van der Waals surface area contributed by atoms with Crippen LogP contribution in [-0.2, 0) is 4.79 Å². The van der Waals surface area contributed by atoms with Crippen LogP contribution in [0.5, 0.6) is 0 Å². The zero-order chi connectivity index (χ0) is 18.8. The number of nitrogens with one attached hydrogen (secondary N) is 3. The molecule has 0 saturated heterocycles. The first kappa shape index (κ1) is 18.1. The maximum Gasteiger partial charge on any atom is 0.319 e. The van der Waals surface area contributed by atoms with Crippen LogP contribution in [0, 0.1) is 11.6 Å². The number of carbonyl (C=O) groups excluding carboxylic acids is 2. The smallest absolute Gasteiger partial charge is 0.319 e. The molecule has 1 heterocycles. The summed E-state index contributed by atoms with van der Waals surface area (Å²) in [6.07, 6.45) is 0. The molecule has 5 nitrogen and oxygen atoms in total. The molecule has 0 bridgehead atoms. The van der Waals surface area contributed by atoms with Gasteiger partial charge in [-0.2, -0.15) is 0 Å². The Bertz CT molecular complexity index is 930. The van der Waals surface area contributed by atoms with E-state index in [-0.39, 0.29) is 11.3 Å². The molecule has 26 heavy (non-hydrogen) atoms. The fourth-order valence-corrected chi connectivity index (χ4v) is 3.12. The molecule has 0 radical (unpaired) electrons. The quantitative estimate of drug-likeness (QED) is 0.700. The van der Waals surface area contributed by atoms with Crippen molar-refractivity contribution in [1.29, 1.82) is 0 Å². The van der Waals surface area contributed by atoms with Gasteiger partial charge in [-0.25, -0.2) is 13.6 Å². The third-order valence-corrected chi connectivity index (χ3v) is 4.37. The van der Waals surface area contributed by atoms with E-state index in [1.165, 1.54) is 6.07 Å². The van der Waals surface area contributed by atoms with Crippen molar-refractivity contribution >= 4 is 33.6 Å².